The summed E-state index contributed by atoms with van der Waals surface area (Å²) in [7, 11) is 0. The van der Waals surface area contributed by atoms with Crippen molar-refractivity contribution in [2.45, 2.75) is 33.2 Å². The summed E-state index contributed by atoms with van der Waals surface area (Å²) in [6.07, 6.45) is 4.06. The molecule has 0 fully saturated rings. The van der Waals surface area contributed by atoms with E-state index in [0.717, 1.165) is 37.3 Å². The van der Waals surface area contributed by atoms with Crippen LogP contribution < -0.4 is 4.74 Å². The fraction of sp³-hybridized carbons (Fsp3) is 0.286. The fourth-order valence-electron chi connectivity index (χ4n) is 2.72. The van der Waals surface area contributed by atoms with E-state index in [9.17, 15) is 0 Å². The van der Waals surface area contributed by atoms with E-state index in [1.54, 1.807) is 0 Å². The summed E-state index contributed by atoms with van der Waals surface area (Å²) < 4.78 is 8.09. The Balaban J connectivity index is 0.000000409. The van der Waals surface area contributed by atoms with Crippen molar-refractivity contribution in [3.63, 3.8) is 0 Å². The third-order valence-corrected chi connectivity index (χ3v) is 4.09. The molecule has 0 aliphatic rings. The van der Waals surface area contributed by atoms with Crippen LogP contribution in [0, 0.1) is 13.8 Å². The van der Waals surface area contributed by atoms with Crippen LogP contribution in [-0.4, -0.2) is 38.3 Å². The highest BCUT2D eigenvalue weighted by molar-refractivity contribution is 6.27. The zero-order chi connectivity index (χ0) is 20.5. The number of aromatic nitrogens is 2. The molecule has 1 heterocycles. The molecule has 28 heavy (non-hydrogen) atoms. The van der Waals surface area contributed by atoms with Gasteiger partial charge in [-0.1, -0.05) is 29.8 Å². The Morgan fingerprint density at radius 3 is 2.43 bits per heavy atom. The first-order valence-corrected chi connectivity index (χ1v) is 8.94. The first kappa shape index (κ1) is 21.0. The van der Waals surface area contributed by atoms with Gasteiger partial charge in [0.15, 0.2) is 0 Å². The van der Waals surface area contributed by atoms with E-state index in [0.29, 0.717) is 0 Å². The minimum absolute atomic E-state index is 0.760. The van der Waals surface area contributed by atoms with Crippen LogP contribution in [0.15, 0.2) is 48.8 Å². The topological polar surface area (TPSA) is 102 Å². The van der Waals surface area contributed by atoms with Gasteiger partial charge in [0.2, 0.25) is 0 Å². The Kier molecular flexibility index (Phi) is 7.56. The maximum atomic E-state index is 9.10. The van der Waals surface area contributed by atoms with Gasteiger partial charge >= 0.3 is 11.9 Å². The van der Waals surface area contributed by atoms with Crippen LogP contribution in [0.5, 0.6) is 5.75 Å². The first-order valence-electron chi connectivity index (χ1n) is 8.94. The molecule has 148 valence electrons. The number of carbonyl (C=O) groups is 2. The van der Waals surface area contributed by atoms with E-state index >= 15 is 0 Å². The lowest BCUT2D eigenvalue weighted by molar-refractivity contribution is -0.159. The summed E-state index contributed by atoms with van der Waals surface area (Å²) in [5.41, 5.74) is 4.75. The van der Waals surface area contributed by atoms with Gasteiger partial charge in [0.25, 0.3) is 0 Å². The predicted octanol–water partition coefficient (Wildman–Crippen LogP) is 3.67. The van der Waals surface area contributed by atoms with Gasteiger partial charge in [-0.15, -0.1) is 0 Å². The van der Waals surface area contributed by atoms with E-state index < -0.39 is 11.9 Å². The molecule has 0 saturated carbocycles. The number of para-hydroxylation sites is 2. The molecule has 2 aromatic carbocycles. The molecule has 0 bridgehead atoms. The van der Waals surface area contributed by atoms with Crippen LogP contribution in [0.4, 0.5) is 0 Å². The Labute approximate surface area is 163 Å². The number of ether oxygens (including phenoxy) is 1. The Bertz CT molecular complexity index is 937. The highest BCUT2D eigenvalue weighted by Gasteiger charge is 2.04. The van der Waals surface area contributed by atoms with Crippen molar-refractivity contribution in [3.05, 3.63) is 59.9 Å². The molecule has 0 unspecified atom stereocenters. The lowest BCUT2D eigenvalue weighted by Gasteiger charge is -2.10. The van der Waals surface area contributed by atoms with Crippen LogP contribution in [-0.2, 0) is 16.1 Å². The molecule has 0 atom stereocenters. The van der Waals surface area contributed by atoms with Gasteiger partial charge in [0.1, 0.15) is 5.75 Å². The van der Waals surface area contributed by atoms with Gasteiger partial charge in [0, 0.05) is 6.54 Å². The van der Waals surface area contributed by atoms with E-state index in [1.807, 2.05) is 12.4 Å². The van der Waals surface area contributed by atoms with Crippen molar-refractivity contribution in [2.24, 2.45) is 0 Å². The van der Waals surface area contributed by atoms with Crippen molar-refractivity contribution in [2.75, 3.05) is 6.61 Å². The van der Waals surface area contributed by atoms with Crippen LogP contribution in [0.1, 0.15) is 24.0 Å². The summed E-state index contributed by atoms with van der Waals surface area (Å²) in [4.78, 5) is 22.6. The third-order valence-electron chi connectivity index (χ3n) is 4.09. The standard InChI is InChI=1S/C19H22N2O.C2H2O4/c1-15-9-10-19(16(2)13-15)22-12-6-5-11-21-14-20-17-7-3-4-8-18(17)21;3-1(4)2(5)6/h3-4,7-10,13-14H,5-6,11-12H2,1-2H3;(H,3,4)(H,5,6). The number of nitrogens with zero attached hydrogens (tertiary/aromatic N) is 2. The molecule has 7 heteroatoms. The maximum Gasteiger partial charge on any atom is 0.414 e. The minimum Gasteiger partial charge on any atom is -0.493 e. The molecule has 2 N–H and O–H groups in total. The molecular formula is C21H24N2O5. The molecule has 0 saturated heterocycles. The SMILES string of the molecule is Cc1ccc(OCCCCn2cnc3ccccc32)c(C)c1.O=C(O)C(=O)O. The number of carboxylic acids is 2. The average Bonchev–Trinajstić information content (AvgIpc) is 3.07. The summed E-state index contributed by atoms with van der Waals surface area (Å²) in [5, 5.41) is 14.8. The summed E-state index contributed by atoms with van der Waals surface area (Å²) >= 11 is 0. The highest BCUT2D eigenvalue weighted by atomic mass is 16.5. The summed E-state index contributed by atoms with van der Waals surface area (Å²) in [5.74, 6) is -2.65. The quantitative estimate of drug-likeness (QED) is 0.497. The number of aliphatic carboxylic acids is 2. The average molecular weight is 384 g/mol. The molecule has 0 aliphatic carbocycles. The smallest absolute Gasteiger partial charge is 0.414 e. The molecular weight excluding hydrogens is 360 g/mol. The second-order valence-corrected chi connectivity index (χ2v) is 6.36. The van der Waals surface area contributed by atoms with Crippen molar-refractivity contribution < 1.29 is 24.5 Å². The third kappa shape index (κ3) is 6.12. The maximum absolute atomic E-state index is 9.10. The van der Waals surface area contributed by atoms with E-state index in [-0.39, 0.29) is 0 Å². The number of benzene rings is 2. The van der Waals surface area contributed by atoms with Gasteiger partial charge in [-0.3, -0.25) is 0 Å². The number of imidazole rings is 1. The number of hydrogen-bond acceptors (Lipinski definition) is 4. The van der Waals surface area contributed by atoms with Gasteiger partial charge in [-0.05, 0) is 50.5 Å². The summed E-state index contributed by atoms with van der Waals surface area (Å²) in [6.45, 7) is 5.94. The first-order chi connectivity index (χ1) is 13.4. The molecule has 7 nitrogen and oxygen atoms in total. The molecule has 0 aliphatic heterocycles. The van der Waals surface area contributed by atoms with Gasteiger partial charge < -0.3 is 19.5 Å². The molecule has 0 amide bonds. The van der Waals surface area contributed by atoms with E-state index in [2.05, 4.69) is 59.8 Å². The second kappa shape index (κ2) is 10.1. The van der Waals surface area contributed by atoms with Gasteiger partial charge in [-0.2, -0.15) is 0 Å². The Morgan fingerprint density at radius 1 is 1.04 bits per heavy atom. The lowest BCUT2D eigenvalue weighted by atomic mass is 10.1. The van der Waals surface area contributed by atoms with E-state index in [1.165, 1.54) is 16.6 Å². The predicted molar refractivity (Wildman–Crippen MR) is 106 cm³/mol. The van der Waals surface area contributed by atoms with Gasteiger partial charge in [-0.25, -0.2) is 14.6 Å². The number of fused-ring (bicyclic) bond motifs is 1. The highest BCUT2D eigenvalue weighted by Crippen LogP contribution is 2.19. The molecule has 3 rings (SSSR count). The summed E-state index contributed by atoms with van der Waals surface area (Å²) in [6, 6.07) is 14.6. The number of aryl methyl sites for hydroxylation is 3. The number of rotatable bonds is 6. The van der Waals surface area contributed by atoms with Gasteiger partial charge in [0.05, 0.1) is 24.0 Å². The zero-order valence-corrected chi connectivity index (χ0v) is 16.0. The van der Waals surface area contributed by atoms with Crippen LogP contribution in [0.25, 0.3) is 11.0 Å². The van der Waals surface area contributed by atoms with Crippen LogP contribution >= 0.6 is 0 Å². The zero-order valence-electron chi connectivity index (χ0n) is 16.0. The normalized spacial score (nSPS) is 10.2. The molecule has 3 aromatic rings. The number of hydrogen-bond donors (Lipinski definition) is 2. The number of carboxylic acid groups (broad SMARTS) is 2. The monoisotopic (exact) mass is 384 g/mol. The minimum atomic E-state index is -1.82. The molecule has 0 spiro atoms. The largest absolute Gasteiger partial charge is 0.493 e. The van der Waals surface area contributed by atoms with Crippen molar-refractivity contribution in [3.8, 4) is 5.75 Å². The fourth-order valence-corrected chi connectivity index (χ4v) is 2.72. The van der Waals surface area contributed by atoms with Crippen LogP contribution in [0.3, 0.4) is 0 Å². The molecule has 1 aromatic heterocycles. The van der Waals surface area contributed by atoms with Crippen molar-refractivity contribution in [1.82, 2.24) is 9.55 Å². The Hall–Kier alpha value is -3.35. The lowest BCUT2D eigenvalue weighted by Crippen LogP contribution is -2.09. The van der Waals surface area contributed by atoms with Crippen LogP contribution in [0.2, 0.25) is 0 Å². The van der Waals surface area contributed by atoms with E-state index in [4.69, 9.17) is 24.5 Å². The van der Waals surface area contributed by atoms with Crippen molar-refractivity contribution >= 4 is 23.0 Å². The second-order valence-electron chi connectivity index (χ2n) is 6.36. The molecule has 0 radical (unpaired) electrons. The van der Waals surface area contributed by atoms with Crippen molar-refractivity contribution in [1.29, 1.82) is 0 Å². The number of unbranched alkanes of at least 4 members (excludes halogenated alkanes) is 1. The Morgan fingerprint density at radius 2 is 1.75 bits per heavy atom.